The van der Waals surface area contributed by atoms with Crippen LogP contribution in [-0.4, -0.2) is 32.9 Å². The van der Waals surface area contributed by atoms with Gasteiger partial charge in [0.25, 0.3) is 0 Å². The van der Waals surface area contributed by atoms with E-state index in [4.69, 9.17) is 9.47 Å². The molecule has 1 aliphatic rings. The molecular weight excluding hydrogens is 398 g/mol. The number of ketones is 1. The SMILES string of the molecule is C=CCn1c(SCC(=O)c2ccc(C)cc2C)nnc1[C@H]1COc2ccccc2O1. The molecule has 4 rings (SSSR count). The smallest absolute Gasteiger partial charge is 0.192 e. The molecule has 6 nitrogen and oxygen atoms in total. The summed E-state index contributed by atoms with van der Waals surface area (Å²) in [7, 11) is 0. The number of nitrogens with zero attached hydrogens (tertiary/aromatic N) is 3. The van der Waals surface area contributed by atoms with Crippen LogP contribution in [-0.2, 0) is 6.54 Å². The van der Waals surface area contributed by atoms with Crippen LogP contribution in [0.2, 0.25) is 0 Å². The van der Waals surface area contributed by atoms with Gasteiger partial charge in [-0.3, -0.25) is 9.36 Å². The minimum absolute atomic E-state index is 0.0679. The number of para-hydroxylation sites is 2. The highest BCUT2D eigenvalue weighted by Gasteiger charge is 2.28. The van der Waals surface area contributed by atoms with Crippen molar-refractivity contribution in [2.45, 2.75) is 31.7 Å². The van der Waals surface area contributed by atoms with E-state index in [1.54, 1.807) is 6.08 Å². The van der Waals surface area contributed by atoms with E-state index in [-0.39, 0.29) is 17.6 Å². The number of ether oxygens (including phenoxy) is 2. The van der Waals surface area contributed by atoms with Crippen molar-refractivity contribution in [2.75, 3.05) is 12.4 Å². The Hall–Kier alpha value is -3.06. The van der Waals surface area contributed by atoms with E-state index in [0.29, 0.717) is 29.9 Å². The summed E-state index contributed by atoms with van der Waals surface area (Å²) in [5, 5.41) is 9.31. The van der Waals surface area contributed by atoms with Gasteiger partial charge in [-0.05, 0) is 31.5 Å². The summed E-state index contributed by atoms with van der Waals surface area (Å²) >= 11 is 1.37. The molecule has 0 saturated carbocycles. The standard InChI is InChI=1S/C23H23N3O3S/c1-4-11-26-22(21-13-28-19-7-5-6-8-20(19)29-21)24-25-23(26)30-14-18(27)17-10-9-15(2)12-16(17)3/h4-10,12,21H,1,11,13-14H2,2-3H3/t21-/m1/s1. The first kappa shape index (κ1) is 20.2. The third-order valence-corrected chi connectivity index (χ3v) is 5.84. The number of hydrogen-bond acceptors (Lipinski definition) is 6. The Labute approximate surface area is 179 Å². The highest BCUT2D eigenvalue weighted by molar-refractivity contribution is 7.99. The fourth-order valence-corrected chi connectivity index (χ4v) is 4.26. The molecule has 1 atom stereocenters. The number of thioether (sulfide) groups is 1. The van der Waals surface area contributed by atoms with Crippen LogP contribution in [0, 0.1) is 13.8 Å². The molecule has 0 bridgehead atoms. The molecule has 0 N–H and O–H groups in total. The summed E-state index contributed by atoms with van der Waals surface area (Å²) in [5.41, 5.74) is 2.87. The lowest BCUT2D eigenvalue weighted by molar-refractivity contribution is 0.0821. The van der Waals surface area contributed by atoms with Gasteiger partial charge in [-0.2, -0.15) is 0 Å². The van der Waals surface area contributed by atoms with Crippen molar-refractivity contribution < 1.29 is 14.3 Å². The summed E-state index contributed by atoms with van der Waals surface area (Å²) in [6.07, 6.45) is 1.40. The van der Waals surface area contributed by atoms with Crippen LogP contribution in [0.25, 0.3) is 0 Å². The Morgan fingerprint density at radius 1 is 1.23 bits per heavy atom. The van der Waals surface area contributed by atoms with Crippen molar-refractivity contribution in [1.82, 2.24) is 14.8 Å². The molecule has 7 heteroatoms. The lowest BCUT2D eigenvalue weighted by Gasteiger charge is -2.26. The lowest BCUT2D eigenvalue weighted by atomic mass is 10.0. The predicted molar refractivity (Wildman–Crippen MR) is 116 cm³/mol. The minimum atomic E-state index is -0.378. The van der Waals surface area contributed by atoms with Gasteiger partial charge >= 0.3 is 0 Å². The molecule has 0 unspecified atom stereocenters. The summed E-state index contributed by atoms with van der Waals surface area (Å²) in [4.78, 5) is 12.7. The molecule has 0 amide bonds. The van der Waals surface area contributed by atoms with Gasteiger partial charge in [0.2, 0.25) is 0 Å². The average Bonchev–Trinajstić information content (AvgIpc) is 3.14. The quantitative estimate of drug-likeness (QED) is 0.316. The average molecular weight is 422 g/mol. The normalized spacial score (nSPS) is 15.1. The number of carbonyl (C=O) groups excluding carboxylic acids is 1. The first-order valence-corrected chi connectivity index (χ1v) is 10.7. The monoisotopic (exact) mass is 421 g/mol. The largest absolute Gasteiger partial charge is 0.485 e. The molecule has 1 aliphatic heterocycles. The zero-order valence-electron chi connectivity index (χ0n) is 17.0. The Balaban J connectivity index is 1.51. The van der Waals surface area contributed by atoms with Crippen LogP contribution in [0.5, 0.6) is 11.5 Å². The van der Waals surface area contributed by atoms with Crippen molar-refractivity contribution in [3.8, 4) is 11.5 Å². The van der Waals surface area contributed by atoms with E-state index >= 15 is 0 Å². The summed E-state index contributed by atoms with van der Waals surface area (Å²) in [6, 6.07) is 13.4. The maximum atomic E-state index is 12.7. The second kappa shape index (κ2) is 8.75. The van der Waals surface area contributed by atoms with E-state index < -0.39 is 0 Å². The molecule has 154 valence electrons. The highest BCUT2D eigenvalue weighted by Crippen LogP contribution is 2.36. The van der Waals surface area contributed by atoms with Crippen LogP contribution in [0.1, 0.15) is 33.4 Å². The Bertz CT molecular complexity index is 1090. The Morgan fingerprint density at radius 2 is 2.03 bits per heavy atom. The minimum Gasteiger partial charge on any atom is -0.485 e. The van der Waals surface area contributed by atoms with Crippen LogP contribution in [0.15, 0.2) is 60.3 Å². The van der Waals surface area contributed by atoms with Crippen molar-refractivity contribution in [3.63, 3.8) is 0 Å². The number of carbonyl (C=O) groups is 1. The van der Waals surface area contributed by atoms with Crippen LogP contribution in [0.4, 0.5) is 0 Å². The lowest BCUT2D eigenvalue weighted by Crippen LogP contribution is -2.25. The fourth-order valence-electron chi connectivity index (χ4n) is 3.43. The molecule has 1 aromatic heterocycles. The second-order valence-electron chi connectivity index (χ2n) is 7.13. The summed E-state index contributed by atoms with van der Waals surface area (Å²) < 4.78 is 13.8. The van der Waals surface area contributed by atoms with Gasteiger partial charge in [0.05, 0.1) is 5.75 Å². The van der Waals surface area contributed by atoms with Crippen molar-refractivity contribution in [2.24, 2.45) is 0 Å². The zero-order valence-corrected chi connectivity index (χ0v) is 17.8. The topological polar surface area (TPSA) is 66.2 Å². The van der Waals surface area contributed by atoms with Crippen molar-refractivity contribution in [3.05, 3.63) is 77.6 Å². The molecule has 3 aromatic rings. The fraction of sp³-hybridized carbons (Fsp3) is 0.261. The van der Waals surface area contributed by atoms with Crippen LogP contribution in [0.3, 0.4) is 0 Å². The number of Topliss-reactive ketones (excluding diaryl/α,β-unsaturated/α-hetero) is 1. The third kappa shape index (κ3) is 4.11. The first-order valence-electron chi connectivity index (χ1n) is 9.72. The van der Waals surface area contributed by atoms with Crippen LogP contribution >= 0.6 is 11.8 Å². The second-order valence-corrected chi connectivity index (χ2v) is 8.08. The molecule has 0 fully saturated rings. The Morgan fingerprint density at radius 3 is 2.80 bits per heavy atom. The molecule has 0 spiro atoms. The summed E-state index contributed by atoms with van der Waals surface area (Å²) in [5.74, 6) is 2.41. The number of aryl methyl sites for hydroxylation is 2. The maximum Gasteiger partial charge on any atom is 0.192 e. The van der Waals surface area contributed by atoms with Gasteiger partial charge in [-0.1, -0.05) is 53.7 Å². The van der Waals surface area contributed by atoms with E-state index in [2.05, 4.69) is 16.8 Å². The molecule has 2 aromatic carbocycles. The molecule has 0 saturated heterocycles. The van der Waals surface area contributed by atoms with E-state index in [0.717, 1.165) is 22.4 Å². The van der Waals surface area contributed by atoms with Gasteiger partial charge in [0.15, 0.2) is 34.4 Å². The van der Waals surface area contributed by atoms with Crippen molar-refractivity contribution in [1.29, 1.82) is 0 Å². The predicted octanol–water partition coefficient (Wildman–Crippen LogP) is 4.57. The van der Waals surface area contributed by atoms with E-state index in [1.807, 2.05) is 60.9 Å². The van der Waals surface area contributed by atoms with Gasteiger partial charge in [0.1, 0.15) is 6.61 Å². The molecular formula is C23H23N3O3S. The van der Waals surface area contributed by atoms with E-state index in [9.17, 15) is 4.79 Å². The molecule has 0 radical (unpaired) electrons. The van der Waals surface area contributed by atoms with Gasteiger partial charge in [-0.15, -0.1) is 16.8 Å². The number of benzene rings is 2. The number of rotatable bonds is 7. The number of allylic oxidation sites excluding steroid dienone is 1. The molecule has 0 aliphatic carbocycles. The van der Waals surface area contributed by atoms with Gasteiger partial charge < -0.3 is 9.47 Å². The molecule has 30 heavy (non-hydrogen) atoms. The maximum absolute atomic E-state index is 12.7. The van der Waals surface area contributed by atoms with Crippen LogP contribution < -0.4 is 9.47 Å². The number of hydrogen-bond donors (Lipinski definition) is 0. The van der Waals surface area contributed by atoms with Crippen molar-refractivity contribution >= 4 is 17.5 Å². The van der Waals surface area contributed by atoms with Gasteiger partial charge in [0, 0.05) is 12.1 Å². The van der Waals surface area contributed by atoms with E-state index in [1.165, 1.54) is 11.8 Å². The molecule has 2 heterocycles. The first-order chi connectivity index (χ1) is 14.6. The third-order valence-electron chi connectivity index (χ3n) is 4.87. The van der Waals surface area contributed by atoms with Gasteiger partial charge in [-0.25, -0.2) is 0 Å². The highest BCUT2D eigenvalue weighted by atomic mass is 32.2. The Kier molecular flexibility index (Phi) is 5.90. The summed E-state index contributed by atoms with van der Waals surface area (Å²) in [6.45, 7) is 8.68. The number of aromatic nitrogens is 3. The zero-order chi connectivity index (χ0) is 21.1. The number of fused-ring (bicyclic) bond motifs is 1.